The molecule has 0 saturated heterocycles. The Hall–Kier alpha value is -4.45. The third-order valence-electron chi connectivity index (χ3n) is 7.91. The molecule has 2 aliphatic heterocycles. The van der Waals surface area contributed by atoms with Crippen LogP contribution in [-0.2, 0) is 6.54 Å². The molecule has 232 valence electrons. The van der Waals surface area contributed by atoms with Gasteiger partial charge >= 0.3 is 220 Å². The second kappa shape index (κ2) is 13.5. The summed E-state index contributed by atoms with van der Waals surface area (Å²) in [6.07, 6.45) is 8.05. The Morgan fingerprint density at radius 2 is 1.83 bits per heavy atom. The van der Waals surface area contributed by atoms with Crippen molar-refractivity contribution in [3.8, 4) is 11.1 Å². The molecule has 5 aromatic rings. The van der Waals surface area contributed by atoms with Crippen molar-refractivity contribution in [3.63, 3.8) is 0 Å². The number of nitrogens with zero attached hydrogens (tertiary/aromatic N) is 4. The molecule has 2 aliphatic rings. The number of aliphatic imine (C=N–C) groups is 1. The van der Waals surface area contributed by atoms with Crippen LogP contribution in [0.3, 0.4) is 0 Å². The molecule has 2 aromatic heterocycles. The SMILES string of the molecule is CN(C)CCNc1cc(F)cc(-c2cncc3[nH]c(C4=Nc5ccc(C6=C[I-]C=CC(CNCc7ccccc7)=C6)cc54)nc23)c1. The van der Waals surface area contributed by atoms with Gasteiger partial charge < -0.3 is 10.2 Å². The summed E-state index contributed by atoms with van der Waals surface area (Å²) in [5.41, 5.74) is 11.5. The molecule has 4 heterocycles. The molecule has 0 unspecified atom stereocenters. The molecule has 7 rings (SSSR count). The van der Waals surface area contributed by atoms with Gasteiger partial charge in [0.15, 0.2) is 0 Å². The number of imidazole rings is 1. The van der Waals surface area contributed by atoms with Crippen LogP contribution in [0.1, 0.15) is 22.5 Å². The first-order valence-corrected chi connectivity index (χ1v) is 17.7. The predicted molar refractivity (Wildman–Crippen MR) is 181 cm³/mol. The molecule has 3 aromatic carbocycles. The van der Waals surface area contributed by atoms with E-state index in [1.807, 2.05) is 26.2 Å². The third-order valence-corrected chi connectivity index (χ3v) is 9.71. The molecule has 3 N–H and O–H groups in total. The van der Waals surface area contributed by atoms with E-state index in [0.717, 1.165) is 64.4 Å². The van der Waals surface area contributed by atoms with Crippen LogP contribution in [0.15, 0.2) is 110 Å². The van der Waals surface area contributed by atoms with E-state index in [9.17, 15) is 4.39 Å². The van der Waals surface area contributed by atoms with Crippen LogP contribution in [0.5, 0.6) is 0 Å². The molecule has 0 saturated carbocycles. The Balaban J connectivity index is 1.12. The van der Waals surface area contributed by atoms with E-state index in [1.165, 1.54) is 34.4 Å². The van der Waals surface area contributed by atoms with E-state index in [0.29, 0.717) is 12.4 Å². The van der Waals surface area contributed by atoms with E-state index >= 15 is 0 Å². The molecule has 7 nitrogen and oxygen atoms in total. The fraction of sp³-hybridized carbons (Fsp3) is 0.162. The number of rotatable bonds is 11. The van der Waals surface area contributed by atoms with Crippen LogP contribution >= 0.6 is 0 Å². The number of H-pyrrole nitrogens is 1. The van der Waals surface area contributed by atoms with E-state index < -0.39 is 0 Å². The first-order valence-electron chi connectivity index (χ1n) is 15.2. The first kappa shape index (κ1) is 30.2. The van der Waals surface area contributed by atoms with Crippen LogP contribution in [0.4, 0.5) is 15.8 Å². The van der Waals surface area contributed by atoms with Crippen molar-refractivity contribution in [1.82, 2.24) is 25.2 Å². The summed E-state index contributed by atoms with van der Waals surface area (Å²) < 4.78 is 19.4. The number of halogens is 2. The number of anilines is 1. The van der Waals surface area contributed by atoms with Crippen molar-refractivity contribution in [2.45, 2.75) is 6.54 Å². The number of aromatic amines is 1. The number of hydrogen-bond donors (Lipinski definition) is 3. The van der Waals surface area contributed by atoms with Crippen LogP contribution in [0.25, 0.3) is 27.7 Å². The maximum atomic E-state index is 14.7. The summed E-state index contributed by atoms with van der Waals surface area (Å²) >= 11 is -0.186. The Morgan fingerprint density at radius 3 is 2.70 bits per heavy atom. The number of likely N-dealkylation sites (N-methyl/N-ethyl adjacent to an activating group) is 1. The molecular formula is C37H34FIN7-. The average Bonchev–Trinajstić information content (AvgIpc) is 3.32. The van der Waals surface area contributed by atoms with Crippen molar-refractivity contribution in [2.24, 2.45) is 4.99 Å². The summed E-state index contributed by atoms with van der Waals surface area (Å²) in [7, 11) is 4.03. The standard InChI is InChI=1S/C37H34FIN7/c1-46(2)13-12-42-30-16-27(15-29(38)18-30)32-22-41-23-34-35(32)45-37(44-34)36-31-17-26(8-9-33(31)43-36)28-14-25(10-11-39-19-28)21-40-20-24-6-4-3-5-7-24/h3-11,14-19,22-23,40,42H,12-13,20-21H2,1-2H3,(H,44,45)/q-1. The van der Waals surface area contributed by atoms with Gasteiger partial charge in [0.05, 0.1) is 0 Å². The Labute approximate surface area is 278 Å². The van der Waals surface area contributed by atoms with Gasteiger partial charge in [-0.05, 0) is 20.2 Å². The molecule has 0 fully saturated rings. The number of allylic oxidation sites excluding steroid dienone is 2. The zero-order valence-electron chi connectivity index (χ0n) is 25.7. The summed E-state index contributed by atoms with van der Waals surface area (Å²) in [6, 6.07) is 21.9. The fourth-order valence-corrected chi connectivity index (χ4v) is 7.35. The van der Waals surface area contributed by atoms with Crippen LogP contribution < -0.4 is 31.8 Å². The van der Waals surface area contributed by atoms with Crippen molar-refractivity contribution in [3.05, 3.63) is 133 Å². The quantitative estimate of drug-likeness (QED) is 0.177. The van der Waals surface area contributed by atoms with Gasteiger partial charge in [-0.15, -0.1) is 0 Å². The second-order valence-electron chi connectivity index (χ2n) is 11.6. The number of aromatic nitrogens is 3. The predicted octanol–water partition coefficient (Wildman–Crippen LogP) is 3.89. The van der Waals surface area contributed by atoms with E-state index in [1.54, 1.807) is 12.4 Å². The molecule has 0 bridgehead atoms. The van der Waals surface area contributed by atoms with E-state index in [2.05, 4.69) is 88.3 Å². The molecule has 0 spiro atoms. The topological polar surface area (TPSA) is 81.2 Å². The normalized spacial score (nSPS) is 14.1. The fourth-order valence-electron chi connectivity index (χ4n) is 5.54. The van der Waals surface area contributed by atoms with Gasteiger partial charge in [-0.1, -0.05) is 0 Å². The average molecular weight is 723 g/mol. The van der Waals surface area contributed by atoms with Gasteiger partial charge in [-0.3, -0.25) is 0 Å². The second-order valence-corrected chi connectivity index (χ2v) is 13.7. The van der Waals surface area contributed by atoms with Gasteiger partial charge in [0.1, 0.15) is 5.82 Å². The molecule has 9 heteroatoms. The van der Waals surface area contributed by atoms with Gasteiger partial charge in [-0.25, -0.2) is 4.39 Å². The zero-order valence-corrected chi connectivity index (χ0v) is 27.8. The van der Waals surface area contributed by atoms with Crippen molar-refractivity contribution in [1.29, 1.82) is 0 Å². The summed E-state index contributed by atoms with van der Waals surface area (Å²) in [6.45, 7) is 3.19. The van der Waals surface area contributed by atoms with Gasteiger partial charge in [0.25, 0.3) is 0 Å². The Bertz CT molecular complexity index is 2020. The molecule has 46 heavy (non-hydrogen) atoms. The van der Waals surface area contributed by atoms with Crippen LogP contribution in [0, 0.1) is 5.82 Å². The Morgan fingerprint density at radius 1 is 0.935 bits per heavy atom. The number of fused-ring (bicyclic) bond motifs is 2. The Kier molecular flexibility index (Phi) is 8.87. The third kappa shape index (κ3) is 6.72. The maximum absolute atomic E-state index is 14.7. The molecular weight excluding hydrogens is 688 g/mol. The van der Waals surface area contributed by atoms with Crippen molar-refractivity contribution < 1.29 is 25.6 Å². The summed E-state index contributed by atoms with van der Waals surface area (Å²) in [5, 5.41) is 6.90. The molecule has 0 radical (unpaired) electrons. The monoisotopic (exact) mass is 722 g/mol. The molecule has 0 aliphatic carbocycles. The minimum atomic E-state index is -0.308. The van der Waals surface area contributed by atoms with Crippen LogP contribution in [-0.4, -0.2) is 59.3 Å². The molecule has 0 amide bonds. The number of hydrogen-bond acceptors (Lipinski definition) is 6. The van der Waals surface area contributed by atoms with Gasteiger partial charge in [0.2, 0.25) is 0 Å². The minimum absolute atomic E-state index is 0.186. The van der Waals surface area contributed by atoms with E-state index in [-0.39, 0.29) is 27.0 Å². The number of benzene rings is 3. The number of pyridine rings is 1. The van der Waals surface area contributed by atoms with Crippen LogP contribution in [0.2, 0.25) is 0 Å². The summed E-state index contributed by atoms with van der Waals surface area (Å²) in [5.74, 6) is 0.372. The van der Waals surface area contributed by atoms with Gasteiger partial charge in [0, 0.05) is 18.8 Å². The zero-order chi connectivity index (χ0) is 31.5. The molecule has 0 atom stereocenters. The number of nitrogens with one attached hydrogen (secondary N) is 3. The first-order chi connectivity index (χ1) is 22.5. The van der Waals surface area contributed by atoms with Crippen molar-refractivity contribution in [2.75, 3.05) is 39.0 Å². The van der Waals surface area contributed by atoms with E-state index in [4.69, 9.17) is 9.98 Å². The van der Waals surface area contributed by atoms with Crippen molar-refractivity contribution >= 4 is 33.7 Å². The van der Waals surface area contributed by atoms with Gasteiger partial charge in [-0.2, -0.15) is 0 Å². The summed E-state index contributed by atoms with van der Waals surface area (Å²) in [4.78, 5) is 19.7.